The van der Waals surface area contributed by atoms with E-state index in [1.807, 2.05) is 37.4 Å². The van der Waals surface area contributed by atoms with Crippen molar-refractivity contribution in [3.05, 3.63) is 52.4 Å². The van der Waals surface area contributed by atoms with Crippen molar-refractivity contribution in [3.63, 3.8) is 0 Å². The molecule has 0 spiro atoms. The number of benzene rings is 1. The number of rotatable bonds is 6. The van der Waals surface area contributed by atoms with Crippen LogP contribution in [-0.4, -0.2) is 44.6 Å². The first-order valence-corrected chi connectivity index (χ1v) is 11.3. The van der Waals surface area contributed by atoms with Gasteiger partial charge < -0.3 is 10.1 Å². The van der Waals surface area contributed by atoms with Crippen LogP contribution in [0.5, 0.6) is 5.75 Å². The number of amides is 1. The normalized spacial score (nSPS) is 15.0. The number of fused-ring (bicyclic) bond motifs is 1. The Balaban J connectivity index is 1.46. The van der Waals surface area contributed by atoms with Gasteiger partial charge in [-0.15, -0.1) is 0 Å². The van der Waals surface area contributed by atoms with Gasteiger partial charge in [0.25, 0.3) is 5.91 Å². The lowest BCUT2D eigenvalue weighted by atomic mass is 10.0. The van der Waals surface area contributed by atoms with Crippen molar-refractivity contribution < 1.29 is 9.53 Å². The Morgan fingerprint density at radius 3 is 2.97 bits per heavy atom. The van der Waals surface area contributed by atoms with Crippen molar-refractivity contribution in [2.75, 3.05) is 12.8 Å². The second kappa shape index (κ2) is 8.65. The van der Waals surface area contributed by atoms with Crippen molar-refractivity contribution in [1.29, 1.82) is 0 Å². The highest BCUT2D eigenvalue weighted by Crippen LogP contribution is 2.39. The highest BCUT2D eigenvalue weighted by molar-refractivity contribution is 7.98. The predicted molar refractivity (Wildman–Crippen MR) is 117 cm³/mol. The molecule has 1 unspecified atom stereocenters. The van der Waals surface area contributed by atoms with E-state index in [0.717, 1.165) is 28.9 Å². The molecule has 9 heteroatoms. The van der Waals surface area contributed by atoms with Crippen molar-refractivity contribution >= 4 is 29.3 Å². The van der Waals surface area contributed by atoms with E-state index in [9.17, 15) is 4.79 Å². The molecule has 1 aromatic carbocycles. The summed E-state index contributed by atoms with van der Waals surface area (Å²) in [7, 11) is 1.77. The van der Waals surface area contributed by atoms with Gasteiger partial charge in [0.05, 0.1) is 23.0 Å². The topological polar surface area (TPSA) is 81.9 Å². The minimum Gasteiger partial charge on any atom is -0.486 e. The van der Waals surface area contributed by atoms with Crippen LogP contribution in [0.25, 0.3) is 11.3 Å². The number of nitrogens with one attached hydrogen (secondary N) is 1. The van der Waals surface area contributed by atoms with Gasteiger partial charge in [0.1, 0.15) is 17.5 Å². The van der Waals surface area contributed by atoms with Gasteiger partial charge in [0, 0.05) is 30.8 Å². The van der Waals surface area contributed by atoms with Gasteiger partial charge in [-0.3, -0.25) is 9.48 Å². The lowest BCUT2D eigenvalue weighted by Gasteiger charge is -2.12. The van der Waals surface area contributed by atoms with E-state index in [0.29, 0.717) is 34.6 Å². The van der Waals surface area contributed by atoms with Gasteiger partial charge in [-0.2, -0.15) is 5.10 Å². The van der Waals surface area contributed by atoms with Crippen LogP contribution in [0.1, 0.15) is 28.7 Å². The fourth-order valence-corrected chi connectivity index (χ4v) is 4.10. The summed E-state index contributed by atoms with van der Waals surface area (Å²) in [4.78, 5) is 21.3. The lowest BCUT2D eigenvalue weighted by molar-refractivity contribution is 0.0924. The molecule has 0 fully saturated rings. The monoisotopic (exact) mass is 443 g/mol. The molecule has 3 aromatic rings. The first kappa shape index (κ1) is 20.7. The van der Waals surface area contributed by atoms with Crippen LogP contribution < -0.4 is 10.1 Å². The summed E-state index contributed by atoms with van der Waals surface area (Å²) in [5.74, 6) is 0.509. The summed E-state index contributed by atoms with van der Waals surface area (Å²) in [5.41, 5.74) is 4.18. The van der Waals surface area contributed by atoms with Crippen LogP contribution in [0.3, 0.4) is 0 Å². The maximum absolute atomic E-state index is 12.5. The summed E-state index contributed by atoms with van der Waals surface area (Å²) < 4.78 is 7.61. The molecule has 4 rings (SSSR count). The smallest absolute Gasteiger partial charge is 0.269 e. The zero-order valence-corrected chi connectivity index (χ0v) is 18.5. The third-order valence-electron chi connectivity index (χ3n) is 4.98. The van der Waals surface area contributed by atoms with E-state index in [-0.39, 0.29) is 12.0 Å². The van der Waals surface area contributed by atoms with Gasteiger partial charge in [-0.25, -0.2) is 9.97 Å². The number of thioether (sulfide) groups is 1. The van der Waals surface area contributed by atoms with E-state index >= 15 is 0 Å². The molecule has 30 heavy (non-hydrogen) atoms. The standard InChI is InChI=1S/C21H22ClN5O2S/c1-4-14-10-18(27(2)26-14)20(28)24-11-15-8-13-7-12(9-16(22)19(13)29-15)17-5-6-23-21(25-17)30-3/h5-7,9-10,15H,4,8,11H2,1-3H3,(H,24,28). The minimum atomic E-state index is -0.178. The predicted octanol–water partition coefficient (Wildman–Crippen LogP) is 3.55. The fraction of sp³-hybridized carbons (Fsp3) is 0.333. The first-order valence-electron chi connectivity index (χ1n) is 9.66. The van der Waals surface area contributed by atoms with E-state index in [1.54, 1.807) is 17.9 Å². The molecule has 7 nitrogen and oxygen atoms in total. The molecule has 156 valence electrons. The van der Waals surface area contributed by atoms with Crippen molar-refractivity contribution in [1.82, 2.24) is 25.1 Å². The molecule has 0 bridgehead atoms. The summed E-state index contributed by atoms with van der Waals surface area (Å²) in [6, 6.07) is 7.58. The van der Waals surface area contributed by atoms with Gasteiger partial charge in [-0.1, -0.05) is 30.3 Å². The molecule has 1 aliphatic rings. The second-order valence-corrected chi connectivity index (χ2v) is 8.21. The third-order valence-corrected chi connectivity index (χ3v) is 5.82. The number of aryl methyl sites for hydroxylation is 2. The second-order valence-electron chi connectivity index (χ2n) is 7.03. The van der Waals surface area contributed by atoms with Crippen LogP contribution >= 0.6 is 23.4 Å². The molecular weight excluding hydrogens is 422 g/mol. The maximum atomic E-state index is 12.5. The largest absolute Gasteiger partial charge is 0.486 e. The first-order chi connectivity index (χ1) is 14.5. The van der Waals surface area contributed by atoms with Gasteiger partial charge in [0.15, 0.2) is 5.16 Å². The molecule has 3 heterocycles. The number of ether oxygens (including phenoxy) is 1. The molecule has 0 radical (unpaired) electrons. The number of carbonyl (C=O) groups is 1. The number of carbonyl (C=O) groups excluding carboxylic acids is 1. The molecule has 0 saturated carbocycles. The summed E-state index contributed by atoms with van der Waals surface area (Å²) in [6.07, 6.45) is 4.95. The molecule has 0 saturated heterocycles. The number of halogens is 1. The Kier molecular flexibility index (Phi) is 5.97. The Bertz CT molecular complexity index is 1100. The quantitative estimate of drug-likeness (QED) is 0.463. The average Bonchev–Trinajstić information content (AvgIpc) is 3.35. The summed E-state index contributed by atoms with van der Waals surface area (Å²) in [5, 5.41) is 8.52. The molecule has 1 atom stereocenters. The highest BCUT2D eigenvalue weighted by Gasteiger charge is 2.27. The summed E-state index contributed by atoms with van der Waals surface area (Å²) >= 11 is 7.98. The zero-order valence-electron chi connectivity index (χ0n) is 17.0. The number of hydrogen-bond acceptors (Lipinski definition) is 6. The van der Waals surface area contributed by atoms with E-state index in [2.05, 4.69) is 20.4 Å². The van der Waals surface area contributed by atoms with E-state index in [1.165, 1.54) is 11.8 Å². The van der Waals surface area contributed by atoms with E-state index < -0.39 is 0 Å². The number of hydrogen-bond donors (Lipinski definition) is 1. The van der Waals surface area contributed by atoms with Crippen LogP contribution in [0.15, 0.2) is 35.6 Å². The minimum absolute atomic E-state index is 0.165. The number of nitrogens with zero attached hydrogens (tertiary/aromatic N) is 4. The van der Waals surface area contributed by atoms with E-state index in [4.69, 9.17) is 16.3 Å². The van der Waals surface area contributed by atoms with Gasteiger partial charge in [-0.05, 0) is 36.9 Å². The highest BCUT2D eigenvalue weighted by atomic mass is 35.5. The number of aromatic nitrogens is 4. The van der Waals surface area contributed by atoms with Crippen LogP contribution in [0.2, 0.25) is 5.02 Å². The van der Waals surface area contributed by atoms with Gasteiger partial charge >= 0.3 is 0 Å². The Morgan fingerprint density at radius 2 is 2.23 bits per heavy atom. The van der Waals surface area contributed by atoms with Gasteiger partial charge in [0.2, 0.25) is 0 Å². The SMILES string of the molecule is CCc1cc(C(=O)NCC2Cc3cc(-c4ccnc(SC)n4)cc(Cl)c3O2)n(C)n1. The Hall–Kier alpha value is -2.58. The van der Waals surface area contributed by atoms with Crippen molar-refractivity contribution in [2.45, 2.75) is 31.0 Å². The van der Waals surface area contributed by atoms with Crippen molar-refractivity contribution in [3.8, 4) is 17.0 Å². The molecule has 2 aromatic heterocycles. The third kappa shape index (κ3) is 4.15. The molecular formula is C21H22ClN5O2S. The zero-order chi connectivity index (χ0) is 21.3. The Labute approximate surface area is 184 Å². The molecule has 1 amide bonds. The fourth-order valence-electron chi connectivity index (χ4n) is 3.46. The lowest BCUT2D eigenvalue weighted by Crippen LogP contribution is -2.35. The van der Waals surface area contributed by atoms with Crippen LogP contribution in [0, 0.1) is 0 Å². The molecule has 0 aliphatic carbocycles. The average molecular weight is 444 g/mol. The van der Waals surface area contributed by atoms with Crippen LogP contribution in [0.4, 0.5) is 0 Å². The summed E-state index contributed by atoms with van der Waals surface area (Å²) in [6.45, 7) is 2.39. The van der Waals surface area contributed by atoms with Crippen LogP contribution in [-0.2, 0) is 19.9 Å². The molecule has 1 N–H and O–H groups in total. The Morgan fingerprint density at radius 1 is 1.40 bits per heavy atom. The molecule has 1 aliphatic heterocycles. The maximum Gasteiger partial charge on any atom is 0.269 e. The van der Waals surface area contributed by atoms with Crippen molar-refractivity contribution in [2.24, 2.45) is 7.05 Å².